The summed E-state index contributed by atoms with van der Waals surface area (Å²) in [5.74, 6) is 0. The fourth-order valence-electron chi connectivity index (χ4n) is 2.58. The molecule has 1 aromatic rings. The summed E-state index contributed by atoms with van der Waals surface area (Å²) in [5.41, 5.74) is 1.55. The molecule has 0 saturated carbocycles. The van der Waals surface area contributed by atoms with E-state index < -0.39 is 0 Å². The van der Waals surface area contributed by atoms with Gasteiger partial charge in [-0.15, -0.1) is 0 Å². The van der Waals surface area contributed by atoms with Crippen molar-refractivity contribution in [1.29, 1.82) is 0 Å². The van der Waals surface area contributed by atoms with Gasteiger partial charge in [-0.3, -0.25) is 10.1 Å². The molecule has 0 radical (unpaired) electrons. The van der Waals surface area contributed by atoms with E-state index in [9.17, 15) is 10.1 Å². The van der Waals surface area contributed by atoms with Gasteiger partial charge in [0, 0.05) is 19.1 Å². The largest absolute Gasteiger partial charge is 0.380 e. The Morgan fingerprint density at radius 2 is 2.33 bits per heavy atom. The van der Waals surface area contributed by atoms with Crippen LogP contribution < -0.4 is 10.2 Å². The van der Waals surface area contributed by atoms with Crippen molar-refractivity contribution in [3.8, 4) is 0 Å². The summed E-state index contributed by atoms with van der Waals surface area (Å²) >= 11 is 0. The van der Waals surface area contributed by atoms with Crippen molar-refractivity contribution in [1.82, 2.24) is 0 Å². The van der Waals surface area contributed by atoms with Crippen LogP contribution in [0.3, 0.4) is 0 Å². The van der Waals surface area contributed by atoms with Gasteiger partial charge < -0.3 is 10.2 Å². The van der Waals surface area contributed by atoms with E-state index in [0.717, 1.165) is 25.1 Å². The Balaban J connectivity index is 2.45. The zero-order chi connectivity index (χ0) is 13.1. The molecule has 0 bridgehead atoms. The van der Waals surface area contributed by atoms with Gasteiger partial charge in [-0.2, -0.15) is 0 Å². The normalized spacial score (nSPS) is 19.0. The van der Waals surface area contributed by atoms with Crippen LogP contribution in [0.2, 0.25) is 0 Å². The molecule has 1 fully saturated rings. The number of anilines is 2. The summed E-state index contributed by atoms with van der Waals surface area (Å²) in [6.07, 6.45) is 2.20. The maximum Gasteiger partial charge on any atom is 0.315 e. The lowest BCUT2D eigenvalue weighted by molar-refractivity contribution is -0.383. The van der Waals surface area contributed by atoms with E-state index in [1.165, 1.54) is 0 Å². The molecule has 1 aromatic carbocycles. The average Bonchev–Trinajstić information content (AvgIpc) is 2.75. The predicted octanol–water partition coefficient (Wildman–Crippen LogP) is 3.02. The molecule has 5 nitrogen and oxygen atoms in total. The summed E-state index contributed by atoms with van der Waals surface area (Å²) in [5, 5.41) is 14.4. The first kappa shape index (κ1) is 12.7. The van der Waals surface area contributed by atoms with Crippen molar-refractivity contribution in [2.75, 3.05) is 23.3 Å². The number of nitrogens with zero attached hydrogens (tertiary/aromatic N) is 2. The first-order chi connectivity index (χ1) is 8.65. The number of rotatable bonds is 4. The number of benzene rings is 1. The van der Waals surface area contributed by atoms with Gasteiger partial charge in [0.05, 0.1) is 4.92 Å². The van der Waals surface area contributed by atoms with Gasteiger partial charge in [0.2, 0.25) is 0 Å². The van der Waals surface area contributed by atoms with E-state index in [2.05, 4.69) is 17.1 Å². The highest BCUT2D eigenvalue weighted by Gasteiger charge is 2.28. The van der Waals surface area contributed by atoms with Gasteiger partial charge in [-0.1, -0.05) is 6.07 Å². The van der Waals surface area contributed by atoms with Crippen LogP contribution in [0.5, 0.6) is 0 Å². The number of hydrogen-bond acceptors (Lipinski definition) is 4. The van der Waals surface area contributed by atoms with Gasteiger partial charge in [-0.25, -0.2) is 0 Å². The highest BCUT2D eigenvalue weighted by atomic mass is 16.6. The smallest absolute Gasteiger partial charge is 0.315 e. The zero-order valence-electron chi connectivity index (χ0n) is 10.8. The van der Waals surface area contributed by atoms with Crippen LogP contribution in [0.15, 0.2) is 18.2 Å². The summed E-state index contributed by atoms with van der Waals surface area (Å²) in [7, 11) is 0. The molecule has 0 aromatic heterocycles. The number of hydrogen-bond donors (Lipinski definition) is 1. The molecule has 1 N–H and O–H groups in total. The zero-order valence-corrected chi connectivity index (χ0v) is 10.8. The van der Waals surface area contributed by atoms with Gasteiger partial charge in [0.25, 0.3) is 0 Å². The van der Waals surface area contributed by atoms with Crippen molar-refractivity contribution >= 4 is 17.1 Å². The third-order valence-corrected chi connectivity index (χ3v) is 3.43. The van der Waals surface area contributed by atoms with Crippen LogP contribution in [-0.4, -0.2) is 24.1 Å². The molecular weight excluding hydrogens is 230 g/mol. The van der Waals surface area contributed by atoms with Crippen LogP contribution in [0.4, 0.5) is 17.1 Å². The Bertz CT molecular complexity index is 448. The Morgan fingerprint density at radius 3 is 2.89 bits per heavy atom. The molecule has 5 heteroatoms. The molecule has 18 heavy (non-hydrogen) atoms. The Kier molecular flexibility index (Phi) is 3.69. The van der Waals surface area contributed by atoms with E-state index in [1.54, 1.807) is 6.07 Å². The lowest BCUT2D eigenvalue weighted by atomic mass is 10.2. The van der Waals surface area contributed by atoms with E-state index in [0.29, 0.717) is 18.3 Å². The molecule has 98 valence electrons. The third kappa shape index (κ3) is 2.25. The van der Waals surface area contributed by atoms with Crippen LogP contribution >= 0.6 is 0 Å². The second-order valence-electron chi connectivity index (χ2n) is 4.65. The SMILES string of the molecule is CCNc1cccc(N2CCCC2C)c1[N+](=O)[O-]. The summed E-state index contributed by atoms with van der Waals surface area (Å²) < 4.78 is 0. The van der Waals surface area contributed by atoms with Crippen molar-refractivity contribution in [3.05, 3.63) is 28.3 Å². The first-order valence-corrected chi connectivity index (χ1v) is 6.43. The standard InChI is InChI=1S/C13H19N3O2/c1-3-14-11-7-4-8-12(13(11)16(17)18)15-9-5-6-10(15)2/h4,7-8,10,14H,3,5-6,9H2,1-2H3. The first-order valence-electron chi connectivity index (χ1n) is 6.43. The molecule has 1 aliphatic rings. The van der Waals surface area contributed by atoms with E-state index in [1.807, 2.05) is 19.1 Å². The van der Waals surface area contributed by atoms with Crippen molar-refractivity contribution in [2.24, 2.45) is 0 Å². The maximum absolute atomic E-state index is 11.3. The van der Waals surface area contributed by atoms with E-state index >= 15 is 0 Å². The number of nitro groups is 1. The third-order valence-electron chi connectivity index (χ3n) is 3.43. The minimum atomic E-state index is -0.279. The minimum absolute atomic E-state index is 0.202. The van der Waals surface area contributed by atoms with Crippen molar-refractivity contribution in [3.63, 3.8) is 0 Å². The van der Waals surface area contributed by atoms with E-state index in [4.69, 9.17) is 0 Å². The Morgan fingerprint density at radius 1 is 1.56 bits per heavy atom. The Hall–Kier alpha value is -1.78. The van der Waals surface area contributed by atoms with Crippen LogP contribution in [-0.2, 0) is 0 Å². The number of nitro benzene ring substituents is 1. The second-order valence-corrected chi connectivity index (χ2v) is 4.65. The molecular formula is C13H19N3O2. The van der Waals surface area contributed by atoms with Gasteiger partial charge >= 0.3 is 5.69 Å². The van der Waals surface area contributed by atoms with Crippen LogP contribution in [0.25, 0.3) is 0 Å². The second kappa shape index (κ2) is 5.25. The monoisotopic (exact) mass is 249 g/mol. The maximum atomic E-state index is 11.3. The van der Waals surface area contributed by atoms with Gasteiger partial charge in [0.1, 0.15) is 11.4 Å². The molecule has 2 rings (SSSR count). The highest BCUT2D eigenvalue weighted by Crippen LogP contribution is 2.38. The Labute approximate surface area is 107 Å². The fraction of sp³-hybridized carbons (Fsp3) is 0.538. The van der Waals surface area contributed by atoms with E-state index in [-0.39, 0.29) is 10.6 Å². The summed E-state index contributed by atoms with van der Waals surface area (Å²) in [6.45, 7) is 5.64. The lowest BCUT2D eigenvalue weighted by Gasteiger charge is -2.24. The summed E-state index contributed by atoms with van der Waals surface area (Å²) in [4.78, 5) is 13.2. The number of para-hydroxylation sites is 1. The number of nitrogens with one attached hydrogen (secondary N) is 1. The van der Waals surface area contributed by atoms with Gasteiger partial charge in [-0.05, 0) is 38.8 Å². The molecule has 0 amide bonds. The molecule has 1 atom stereocenters. The van der Waals surface area contributed by atoms with Crippen LogP contribution in [0, 0.1) is 10.1 Å². The molecule has 1 aliphatic heterocycles. The molecule has 0 spiro atoms. The molecule has 1 unspecified atom stereocenters. The van der Waals surface area contributed by atoms with Gasteiger partial charge in [0.15, 0.2) is 0 Å². The minimum Gasteiger partial charge on any atom is -0.380 e. The van der Waals surface area contributed by atoms with Crippen molar-refractivity contribution < 1.29 is 4.92 Å². The molecule has 1 saturated heterocycles. The fourth-order valence-corrected chi connectivity index (χ4v) is 2.58. The average molecular weight is 249 g/mol. The lowest BCUT2D eigenvalue weighted by Crippen LogP contribution is -2.27. The summed E-state index contributed by atoms with van der Waals surface area (Å²) in [6, 6.07) is 5.87. The molecule has 1 heterocycles. The molecule has 0 aliphatic carbocycles. The van der Waals surface area contributed by atoms with Crippen LogP contribution in [0.1, 0.15) is 26.7 Å². The highest BCUT2D eigenvalue weighted by molar-refractivity contribution is 5.77. The quantitative estimate of drug-likeness (QED) is 0.658. The topological polar surface area (TPSA) is 58.4 Å². The van der Waals surface area contributed by atoms with Crippen molar-refractivity contribution in [2.45, 2.75) is 32.7 Å². The predicted molar refractivity (Wildman–Crippen MR) is 73.3 cm³/mol.